The lowest BCUT2D eigenvalue weighted by Crippen LogP contribution is -1.80. The first kappa shape index (κ1) is 7.87. The Balaban J connectivity index is 2.38. The highest BCUT2D eigenvalue weighted by atomic mass is 16.4. The number of aromatic nitrogens is 3. The summed E-state index contributed by atoms with van der Waals surface area (Å²) in [4.78, 5) is 8.58. The Morgan fingerprint density at radius 2 is 1.88 bits per heavy atom. The van der Waals surface area contributed by atoms with Crippen molar-refractivity contribution >= 4 is 28.1 Å². The van der Waals surface area contributed by atoms with Gasteiger partial charge in [0.05, 0.1) is 11.0 Å². The lowest BCUT2D eigenvalue weighted by molar-refractivity contribution is 0.630. The highest BCUT2D eigenvalue weighted by molar-refractivity contribution is 5.86. The third kappa shape index (κ3) is 0.839. The maximum absolute atomic E-state index is 5.58. The van der Waals surface area contributed by atoms with E-state index in [9.17, 15) is 0 Å². The van der Waals surface area contributed by atoms with Gasteiger partial charge in [-0.1, -0.05) is 12.1 Å². The Bertz CT molecular complexity index is 747. The van der Waals surface area contributed by atoms with Crippen LogP contribution >= 0.6 is 0 Å². The van der Waals surface area contributed by atoms with Gasteiger partial charge in [0.1, 0.15) is 5.52 Å². The molecule has 0 bridgehead atoms. The average Bonchev–Trinajstić information content (AvgIpc) is 2.83. The quantitative estimate of drug-likeness (QED) is 0.447. The van der Waals surface area contributed by atoms with E-state index < -0.39 is 0 Å². The van der Waals surface area contributed by atoms with Gasteiger partial charge in [0, 0.05) is 6.20 Å². The van der Waals surface area contributed by atoms with Crippen molar-refractivity contribution in [2.45, 2.75) is 0 Å². The summed E-state index contributed by atoms with van der Waals surface area (Å²) in [5.74, 6) is 0.593. The first-order chi connectivity index (χ1) is 7.93. The number of nitrogens with zero attached hydrogens (tertiary/aromatic N) is 3. The van der Waals surface area contributed by atoms with Gasteiger partial charge < -0.3 is 4.42 Å². The standard InChI is InChI=1S/C12H7N3O/c1-2-5-9-8(4-1)14-12-15(9)10-6-3-7-13-11(10)16-12/h1-7H. The topological polar surface area (TPSA) is 43.3 Å². The fraction of sp³-hybridized carbons (Fsp3) is 0. The summed E-state index contributed by atoms with van der Waals surface area (Å²) in [6, 6.07) is 11.8. The number of oxazole rings is 1. The number of benzene rings is 1. The van der Waals surface area contributed by atoms with E-state index in [-0.39, 0.29) is 0 Å². The molecule has 4 aromatic rings. The van der Waals surface area contributed by atoms with Crippen LogP contribution in [0.3, 0.4) is 0 Å². The minimum atomic E-state index is 0.593. The second kappa shape index (κ2) is 2.61. The van der Waals surface area contributed by atoms with Gasteiger partial charge in [0.2, 0.25) is 5.71 Å². The van der Waals surface area contributed by atoms with E-state index in [1.807, 2.05) is 40.8 Å². The molecule has 0 N–H and O–H groups in total. The molecule has 76 valence electrons. The predicted molar refractivity (Wildman–Crippen MR) is 60.3 cm³/mol. The van der Waals surface area contributed by atoms with Crippen LogP contribution in [0, 0.1) is 0 Å². The van der Waals surface area contributed by atoms with Gasteiger partial charge >= 0.3 is 5.84 Å². The zero-order chi connectivity index (χ0) is 10.5. The van der Waals surface area contributed by atoms with E-state index in [0.29, 0.717) is 11.6 Å². The lowest BCUT2D eigenvalue weighted by atomic mass is 10.3. The molecule has 0 saturated carbocycles. The van der Waals surface area contributed by atoms with Crippen molar-refractivity contribution in [1.82, 2.24) is 14.4 Å². The van der Waals surface area contributed by atoms with Crippen LogP contribution in [0.1, 0.15) is 0 Å². The number of pyridine rings is 1. The third-order valence-corrected chi connectivity index (χ3v) is 2.71. The summed E-state index contributed by atoms with van der Waals surface area (Å²) in [6.07, 6.45) is 1.72. The molecule has 0 unspecified atom stereocenters. The average molecular weight is 209 g/mol. The smallest absolute Gasteiger partial charge is 0.309 e. The van der Waals surface area contributed by atoms with Gasteiger partial charge in [-0.3, -0.25) is 4.40 Å². The van der Waals surface area contributed by atoms with E-state index >= 15 is 0 Å². The normalized spacial score (nSPS) is 11.8. The SMILES string of the molecule is c1ccc2c(c1)nc1oc3ncccc3n12. The van der Waals surface area contributed by atoms with Crippen molar-refractivity contribution in [3.63, 3.8) is 0 Å². The molecule has 3 aromatic heterocycles. The molecule has 0 fully saturated rings. The van der Waals surface area contributed by atoms with Crippen molar-refractivity contribution in [3.8, 4) is 0 Å². The molecule has 0 aliphatic carbocycles. The van der Waals surface area contributed by atoms with Crippen molar-refractivity contribution in [1.29, 1.82) is 0 Å². The molecule has 0 aliphatic heterocycles. The molecule has 0 atom stereocenters. The zero-order valence-corrected chi connectivity index (χ0v) is 8.29. The van der Waals surface area contributed by atoms with Gasteiger partial charge in [0.15, 0.2) is 0 Å². The maximum Gasteiger partial charge on any atom is 0.309 e. The maximum atomic E-state index is 5.58. The lowest BCUT2D eigenvalue weighted by Gasteiger charge is -1.90. The Hall–Kier alpha value is -2.36. The van der Waals surface area contributed by atoms with E-state index in [0.717, 1.165) is 16.6 Å². The third-order valence-electron chi connectivity index (χ3n) is 2.71. The highest BCUT2D eigenvalue weighted by Gasteiger charge is 2.11. The summed E-state index contributed by atoms with van der Waals surface area (Å²) >= 11 is 0. The first-order valence-electron chi connectivity index (χ1n) is 5.04. The molecule has 4 heteroatoms. The Morgan fingerprint density at radius 1 is 1.00 bits per heavy atom. The number of rotatable bonds is 0. The molecule has 0 amide bonds. The monoisotopic (exact) mass is 209 g/mol. The Morgan fingerprint density at radius 3 is 2.88 bits per heavy atom. The molecule has 16 heavy (non-hydrogen) atoms. The van der Waals surface area contributed by atoms with Crippen LogP contribution in [0.2, 0.25) is 0 Å². The van der Waals surface area contributed by atoms with Crippen molar-refractivity contribution in [2.24, 2.45) is 0 Å². The summed E-state index contributed by atoms with van der Waals surface area (Å²) < 4.78 is 7.56. The van der Waals surface area contributed by atoms with E-state index in [1.54, 1.807) is 6.20 Å². The minimum absolute atomic E-state index is 0.593. The molecule has 4 rings (SSSR count). The number of hydrogen-bond acceptors (Lipinski definition) is 3. The molecule has 0 aliphatic rings. The van der Waals surface area contributed by atoms with Crippen LogP contribution in [0.25, 0.3) is 28.1 Å². The Kier molecular flexibility index (Phi) is 1.28. The van der Waals surface area contributed by atoms with Crippen LogP contribution in [0.4, 0.5) is 0 Å². The van der Waals surface area contributed by atoms with Crippen LogP contribution in [-0.4, -0.2) is 14.4 Å². The van der Waals surface area contributed by atoms with Crippen LogP contribution in [0.5, 0.6) is 0 Å². The van der Waals surface area contributed by atoms with Crippen LogP contribution in [-0.2, 0) is 0 Å². The summed E-state index contributed by atoms with van der Waals surface area (Å²) in [7, 11) is 0. The zero-order valence-electron chi connectivity index (χ0n) is 8.29. The van der Waals surface area contributed by atoms with Gasteiger partial charge in [-0.15, -0.1) is 0 Å². The molecule has 3 heterocycles. The highest BCUT2D eigenvalue weighted by Crippen LogP contribution is 2.23. The van der Waals surface area contributed by atoms with E-state index in [4.69, 9.17) is 4.42 Å². The molecular weight excluding hydrogens is 202 g/mol. The van der Waals surface area contributed by atoms with Crippen molar-refractivity contribution in [2.75, 3.05) is 0 Å². The first-order valence-corrected chi connectivity index (χ1v) is 5.04. The number of para-hydroxylation sites is 2. The second-order valence-electron chi connectivity index (χ2n) is 3.65. The van der Waals surface area contributed by atoms with Gasteiger partial charge in [-0.2, -0.15) is 4.98 Å². The molecule has 0 spiro atoms. The van der Waals surface area contributed by atoms with Gasteiger partial charge in [-0.25, -0.2) is 4.98 Å². The predicted octanol–water partition coefficient (Wildman–Crippen LogP) is 2.63. The molecule has 0 saturated heterocycles. The van der Waals surface area contributed by atoms with Crippen LogP contribution in [0.15, 0.2) is 47.0 Å². The molecule has 0 radical (unpaired) electrons. The van der Waals surface area contributed by atoms with Gasteiger partial charge in [-0.05, 0) is 24.3 Å². The van der Waals surface area contributed by atoms with E-state index in [1.165, 1.54) is 0 Å². The van der Waals surface area contributed by atoms with Gasteiger partial charge in [0.25, 0.3) is 0 Å². The molecular formula is C12H7N3O. The van der Waals surface area contributed by atoms with Crippen molar-refractivity contribution in [3.05, 3.63) is 42.6 Å². The largest absolute Gasteiger partial charge is 0.404 e. The minimum Gasteiger partial charge on any atom is -0.404 e. The Labute approximate surface area is 90.1 Å². The molecule has 4 nitrogen and oxygen atoms in total. The summed E-state index contributed by atoms with van der Waals surface area (Å²) in [5.41, 5.74) is 3.55. The van der Waals surface area contributed by atoms with Crippen LogP contribution < -0.4 is 0 Å². The number of imidazole rings is 1. The fourth-order valence-corrected chi connectivity index (χ4v) is 2.02. The second-order valence-corrected chi connectivity index (χ2v) is 3.65. The summed E-state index contributed by atoms with van der Waals surface area (Å²) in [6.45, 7) is 0. The fourth-order valence-electron chi connectivity index (χ4n) is 2.02. The molecule has 1 aromatic carbocycles. The number of fused-ring (bicyclic) bond motifs is 5. The van der Waals surface area contributed by atoms with E-state index in [2.05, 4.69) is 9.97 Å². The number of hydrogen-bond donors (Lipinski definition) is 0. The summed E-state index contributed by atoms with van der Waals surface area (Å²) in [5, 5.41) is 0. The van der Waals surface area contributed by atoms with Crippen molar-refractivity contribution < 1.29 is 4.42 Å².